The maximum absolute atomic E-state index is 13.5. The number of hydrogen-bond acceptors (Lipinski definition) is 18. The van der Waals surface area contributed by atoms with Gasteiger partial charge in [0, 0.05) is 6.42 Å². The molecule has 3 rings (SSSR count). The summed E-state index contributed by atoms with van der Waals surface area (Å²) < 4.78 is 34.5. The third-order valence-electron chi connectivity index (χ3n) is 20.9. The van der Waals surface area contributed by atoms with E-state index in [1.807, 2.05) is 6.08 Å². The SMILES string of the molecule is CC/C=C\C/C=C\C/C=C\C/C=C\C/C=C\C/C=C\C/C=C\CCCCCCCCCCCC(=O)NC(COC1OC(CO)C(OC2OC(CO)C(OC3OC(CO)C(O)C(O)C3O)C(O)C2O)C(O)C1O)C(O)/C=C/CCCCCCCCCCCCCCCCCCCCCCCCCCCCCCC. The molecule has 1 amide bonds. The number of carbonyl (C=O) groups is 1. The monoisotopic (exact) mass is 1510 g/mol. The first-order chi connectivity index (χ1) is 52.3. The molecule has 0 aromatic heterocycles. The van der Waals surface area contributed by atoms with Crippen molar-refractivity contribution in [3.63, 3.8) is 0 Å². The Bertz CT molecular complexity index is 2310. The molecule has 0 saturated carbocycles. The van der Waals surface area contributed by atoms with Gasteiger partial charge in [-0.3, -0.25) is 4.79 Å². The lowest BCUT2D eigenvalue weighted by atomic mass is 9.96. The average Bonchev–Trinajstić information content (AvgIpc) is 0.780. The number of aliphatic hydroxyl groups excluding tert-OH is 11. The fraction of sp³-hybridized carbons (Fsp3) is 0.807. The molecule has 620 valence electrons. The average molecular weight is 1520 g/mol. The van der Waals surface area contributed by atoms with Gasteiger partial charge in [-0.05, 0) is 77.0 Å². The normalized spacial score (nSPS) is 26.0. The van der Waals surface area contributed by atoms with Gasteiger partial charge in [-0.15, -0.1) is 0 Å². The van der Waals surface area contributed by atoms with Crippen LogP contribution < -0.4 is 5.32 Å². The number of nitrogens with one attached hydrogen (secondary N) is 1. The number of aliphatic hydroxyl groups is 11. The lowest BCUT2D eigenvalue weighted by Crippen LogP contribution is -2.66. The Morgan fingerprint density at radius 1 is 0.346 bits per heavy atom. The van der Waals surface area contributed by atoms with E-state index < -0.39 is 124 Å². The highest BCUT2D eigenvalue weighted by molar-refractivity contribution is 5.76. The molecule has 17 atom stereocenters. The van der Waals surface area contributed by atoms with Gasteiger partial charge in [-0.25, -0.2) is 0 Å². The predicted molar refractivity (Wildman–Crippen MR) is 429 cm³/mol. The minimum atomic E-state index is -1.98. The molecule has 3 saturated heterocycles. The van der Waals surface area contributed by atoms with Crippen molar-refractivity contribution in [2.24, 2.45) is 0 Å². The lowest BCUT2D eigenvalue weighted by Gasteiger charge is -2.48. The molecule has 0 aromatic carbocycles. The summed E-state index contributed by atoms with van der Waals surface area (Å²) in [6, 6.07) is -0.985. The van der Waals surface area contributed by atoms with Crippen molar-refractivity contribution in [3.05, 3.63) is 97.2 Å². The third-order valence-corrected chi connectivity index (χ3v) is 20.9. The molecular weight excluding hydrogens is 1360 g/mol. The summed E-state index contributed by atoms with van der Waals surface area (Å²) in [5, 5.41) is 121. The van der Waals surface area contributed by atoms with E-state index in [4.69, 9.17) is 28.4 Å². The number of ether oxygens (including phenoxy) is 6. The van der Waals surface area contributed by atoms with Crippen molar-refractivity contribution >= 4 is 5.91 Å². The lowest BCUT2D eigenvalue weighted by molar-refractivity contribution is -0.379. The summed E-state index contributed by atoms with van der Waals surface area (Å²) in [6.45, 7) is 1.65. The van der Waals surface area contributed by atoms with E-state index in [2.05, 4.69) is 104 Å². The van der Waals surface area contributed by atoms with Crippen molar-refractivity contribution in [3.8, 4) is 0 Å². The van der Waals surface area contributed by atoms with E-state index in [-0.39, 0.29) is 18.9 Å². The van der Waals surface area contributed by atoms with Crippen LogP contribution in [0.15, 0.2) is 97.2 Å². The van der Waals surface area contributed by atoms with Crippen LogP contribution in [-0.4, -0.2) is 193 Å². The largest absolute Gasteiger partial charge is 0.394 e. The van der Waals surface area contributed by atoms with Crippen LogP contribution in [0.1, 0.15) is 322 Å². The van der Waals surface area contributed by atoms with Gasteiger partial charge >= 0.3 is 0 Å². The molecule has 12 N–H and O–H groups in total. The molecule has 0 radical (unpaired) electrons. The second-order valence-electron chi connectivity index (χ2n) is 30.3. The van der Waals surface area contributed by atoms with Gasteiger partial charge < -0.3 is 89.9 Å². The van der Waals surface area contributed by atoms with Crippen LogP contribution in [0.2, 0.25) is 0 Å². The molecule has 0 spiro atoms. The summed E-state index contributed by atoms with van der Waals surface area (Å²) in [5.74, 6) is -0.282. The third kappa shape index (κ3) is 46.5. The molecule has 3 heterocycles. The van der Waals surface area contributed by atoms with Crippen LogP contribution in [0.5, 0.6) is 0 Å². The Kier molecular flexibility index (Phi) is 61.5. The van der Waals surface area contributed by atoms with Crippen molar-refractivity contribution in [2.75, 3.05) is 26.4 Å². The maximum Gasteiger partial charge on any atom is 0.220 e. The Morgan fingerprint density at radius 3 is 1.01 bits per heavy atom. The number of hydrogen-bond donors (Lipinski definition) is 12. The zero-order chi connectivity index (χ0) is 77.4. The minimum absolute atomic E-state index is 0.231. The molecule has 3 aliphatic rings. The smallest absolute Gasteiger partial charge is 0.220 e. The Hall–Kier alpha value is -3.29. The zero-order valence-electron chi connectivity index (χ0n) is 66.6. The quantitative estimate of drug-likeness (QED) is 0.0199. The van der Waals surface area contributed by atoms with E-state index >= 15 is 0 Å². The molecule has 19 heteroatoms. The second-order valence-corrected chi connectivity index (χ2v) is 30.3. The first kappa shape index (κ1) is 97.9. The van der Waals surface area contributed by atoms with Crippen LogP contribution in [0.4, 0.5) is 0 Å². The highest BCUT2D eigenvalue weighted by atomic mass is 16.8. The molecule has 17 unspecified atom stereocenters. The predicted octanol–water partition coefficient (Wildman–Crippen LogP) is 15.5. The van der Waals surface area contributed by atoms with Crippen LogP contribution in [0, 0.1) is 0 Å². The number of rotatable bonds is 68. The van der Waals surface area contributed by atoms with Crippen molar-refractivity contribution < 1.29 is 89.4 Å². The summed E-state index contributed by atoms with van der Waals surface area (Å²) in [4.78, 5) is 13.5. The van der Waals surface area contributed by atoms with Crippen LogP contribution in [0.3, 0.4) is 0 Å². The molecule has 0 bridgehead atoms. The summed E-state index contributed by atoms with van der Waals surface area (Å²) in [7, 11) is 0. The Morgan fingerprint density at radius 2 is 0.645 bits per heavy atom. The molecule has 0 aromatic rings. The number of unbranched alkanes of at least 4 members (excludes halogenated alkanes) is 38. The summed E-state index contributed by atoms with van der Waals surface area (Å²) in [6.07, 6.45) is 65.3. The number of carbonyl (C=O) groups excluding carboxylic acids is 1. The standard InChI is InChI=1S/C88H155NO18/c1-3-5-7-9-11-13-15-17-19-21-23-25-27-29-31-33-35-37-39-41-43-45-47-49-51-53-55-57-59-61-63-65-72(93)71(89-76(94)66-64-62-60-58-56-54-52-50-48-46-44-42-40-38-36-34-32-30-28-26-24-22-20-18-16-14-12-10-8-6-4-2)70-102-86-82(100)79(97)84(74(68-91)104-86)107-88-83(101)80(98)85(75(69-92)105-88)106-87-81(99)78(96)77(95)73(67-90)103-87/h6,8,12,14,18,20,24,26,30,32,36,38,42,44,63,65,71-75,77-88,90-93,95-101H,3-5,7,9-11,13,15-17,19,21-23,25,27-29,31,33-35,37,39-41,43,45-62,64,66-70H2,1-2H3,(H,89,94)/b8-6-,14-12-,20-18-,26-24-,32-30-,38-36-,44-42-,65-63+. The van der Waals surface area contributed by atoms with Crippen LogP contribution in [-0.2, 0) is 33.2 Å². The Labute approximate surface area is 647 Å². The molecular formula is C88H155NO18. The van der Waals surface area contributed by atoms with E-state index in [1.165, 1.54) is 193 Å². The fourth-order valence-corrected chi connectivity index (χ4v) is 14.1. The molecule has 19 nitrogen and oxygen atoms in total. The number of amides is 1. The number of allylic oxidation sites excluding steroid dienone is 15. The van der Waals surface area contributed by atoms with Gasteiger partial charge in [0.25, 0.3) is 0 Å². The van der Waals surface area contributed by atoms with Crippen molar-refractivity contribution in [1.82, 2.24) is 5.32 Å². The topological polar surface area (TPSA) is 307 Å². The van der Waals surface area contributed by atoms with Crippen molar-refractivity contribution in [2.45, 2.75) is 426 Å². The minimum Gasteiger partial charge on any atom is -0.394 e. The zero-order valence-corrected chi connectivity index (χ0v) is 66.6. The summed E-state index contributed by atoms with van der Waals surface area (Å²) >= 11 is 0. The first-order valence-corrected chi connectivity index (χ1v) is 43.0. The first-order valence-electron chi connectivity index (χ1n) is 43.0. The maximum atomic E-state index is 13.5. The van der Waals surface area contributed by atoms with Crippen LogP contribution >= 0.6 is 0 Å². The van der Waals surface area contributed by atoms with Gasteiger partial charge in [0.1, 0.15) is 73.2 Å². The van der Waals surface area contributed by atoms with Gasteiger partial charge in [-0.2, -0.15) is 0 Å². The van der Waals surface area contributed by atoms with Gasteiger partial charge in [0.2, 0.25) is 5.91 Å². The van der Waals surface area contributed by atoms with Crippen LogP contribution in [0.25, 0.3) is 0 Å². The van der Waals surface area contributed by atoms with E-state index in [0.29, 0.717) is 6.42 Å². The molecule has 3 fully saturated rings. The van der Waals surface area contributed by atoms with Gasteiger partial charge in [0.05, 0.1) is 38.6 Å². The molecule has 0 aliphatic carbocycles. The van der Waals surface area contributed by atoms with Crippen molar-refractivity contribution in [1.29, 1.82) is 0 Å². The van der Waals surface area contributed by atoms with Gasteiger partial charge in [0.15, 0.2) is 18.9 Å². The van der Waals surface area contributed by atoms with E-state index in [0.717, 1.165) is 103 Å². The van der Waals surface area contributed by atoms with Gasteiger partial charge in [-0.1, -0.05) is 336 Å². The summed E-state index contributed by atoms with van der Waals surface area (Å²) in [5.41, 5.74) is 0. The molecule has 3 aliphatic heterocycles. The van der Waals surface area contributed by atoms with E-state index in [9.17, 15) is 61.0 Å². The highest BCUT2D eigenvalue weighted by Gasteiger charge is 2.54. The fourth-order valence-electron chi connectivity index (χ4n) is 14.1. The second kappa shape index (κ2) is 67.2. The van der Waals surface area contributed by atoms with E-state index in [1.54, 1.807) is 6.08 Å². The highest BCUT2D eigenvalue weighted by Crippen LogP contribution is 2.33. The Balaban J connectivity index is 1.36. The molecule has 107 heavy (non-hydrogen) atoms.